The first kappa shape index (κ1) is 22.7. The zero-order chi connectivity index (χ0) is 21.4. The van der Waals surface area contributed by atoms with Gasteiger partial charge in [-0.25, -0.2) is 8.42 Å². The molecule has 0 unspecified atom stereocenters. The van der Waals surface area contributed by atoms with E-state index in [-0.39, 0.29) is 24.9 Å². The first-order valence-corrected chi connectivity index (χ1v) is 11.6. The monoisotopic (exact) mass is 418 g/mol. The van der Waals surface area contributed by atoms with Crippen molar-refractivity contribution in [3.63, 3.8) is 0 Å². The first-order valence-electron chi connectivity index (χ1n) is 9.72. The van der Waals surface area contributed by atoms with Gasteiger partial charge < -0.3 is 10.1 Å². The van der Waals surface area contributed by atoms with Crippen molar-refractivity contribution in [3.05, 3.63) is 59.7 Å². The molecule has 1 N–H and O–H groups in total. The number of carbonyl (C=O) groups excluding carboxylic acids is 1. The molecule has 0 aliphatic heterocycles. The van der Waals surface area contributed by atoms with Gasteiger partial charge in [0.05, 0.1) is 25.1 Å². The number of hydrogen-bond donors (Lipinski definition) is 1. The van der Waals surface area contributed by atoms with Crippen LogP contribution in [-0.2, 0) is 14.8 Å². The number of ether oxygens (including phenoxy) is 1. The minimum atomic E-state index is -3.42. The molecule has 0 bridgehead atoms. The summed E-state index contributed by atoms with van der Waals surface area (Å²) in [7, 11) is -1.80. The summed E-state index contributed by atoms with van der Waals surface area (Å²) in [6.45, 7) is 4.19. The maximum absolute atomic E-state index is 12.4. The van der Waals surface area contributed by atoms with Gasteiger partial charge in [-0.1, -0.05) is 31.2 Å². The number of methoxy groups -OCH3 is 1. The Morgan fingerprint density at radius 3 is 2.41 bits per heavy atom. The predicted molar refractivity (Wildman–Crippen MR) is 117 cm³/mol. The van der Waals surface area contributed by atoms with Crippen molar-refractivity contribution in [2.24, 2.45) is 0 Å². The molecule has 0 aromatic heterocycles. The van der Waals surface area contributed by atoms with Gasteiger partial charge in [0.2, 0.25) is 15.9 Å². The molecule has 0 fully saturated rings. The van der Waals surface area contributed by atoms with E-state index in [0.717, 1.165) is 23.3 Å². The topological polar surface area (TPSA) is 75.7 Å². The van der Waals surface area contributed by atoms with E-state index in [9.17, 15) is 13.2 Å². The van der Waals surface area contributed by atoms with Gasteiger partial charge in [0.15, 0.2) is 0 Å². The van der Waals surface area contributed by atoms with Crippen LogP contribution in [0.15, 0.2) is 48.5 Å². The van der Waals surface area contributed by atoms with E-state index in [0.29, 0.717) is 12.1 Å². The number of anilines is 1. The number of benzene rings is 2. The fraction of sp³-hybridized carbons (Fsp3) is 0.409. The van der Waals surface area contributed by atoms with Gasteiger partial charge in [-0.05, 0) is 55.2 Å². The van der Waals surface area contributed by atoms with Crippen LogP contribution in [0.3, 0.4) is 0 Å². The summed E-state index contributed by atoms with van der Waals surface area (Å²) in [6.07, 6.45) is 2.64. The Bertz CT molecular complexity index is 911. The lowest BCUT2D eigenvalue weighted by Crippen LogP contribution is -2.33. The molecule has 29 heavy (non-hydrogen) atoms. The molecule has 2 aromatic rings. The highest BCUT2D eigenvalue weighted by Gasteiger charge is 2.18. The fourth-order valence-electron chi connectivity index (χ4n) is 3.18. The van der Waals surface area contributed by atoms with Crippen molar-refractivity contribution in [3.8, 4) is 5.75 Å². The van der Waals surface area contributed by atoms with Crippen LogP contribution in [0, 0.1) is 6.92 Å². The Morgan fingerprint density at radius 2 is 1.86 bits per heavy atom. The zero-order valence-corrected chi connectivity index (χ0v) is 18.3. The molecule has 0 aliphatic rings. The van der Waals surface area contributed by atoms with E-state index < -0.39 is 10.0 Å². The molecule has 0 radical (unpaired) electrons. The van der Waals surface area contributed by atoms with E-state index in [1.54, 1.807) is 13.2 Å². The average molecular weight is 419 g/mol. The summed E-state index contributed by atoms with van der Waals surface area (Å²) in [5, 5.41) is 3.03. The van der Waals surface area contributed by atoms with Crippen molar-refractivity contribution in [1.82, 2.24) is 5.32 Å². The first-order chi connectivity index (χ1) is 13.7. The third-order valence-corrected chi connectivity index (χ3v) is 5.91. The maximum Gasteiger partial charge on any atom is 0.232 e. The van der Waals surface area contributed by atoms with Crippen molar-refractivity contribution in [1.29, 1.82) is 0 Å². The highest BCUT2D eigenvalue weighted by Crippen LogP contribution is 2.21. The van der Waals surface area contributed by atoms with Crippen molar-refractivity contribution >= 4 is 21.6 Å². The largest absolute Gasteiger partial charge is 0.497 e. The molecule has 0 aliphatic carbocycles. The van der Waals surface area contributed by atoms with Crippen LogP contribution in [0.5, 0.6) is 5.75 Å². The lowest BCUT2D eigenvalue weighted by Gasteiger charge is -2.23. The number of aryl methyl sites for hydroxylation is 1. The second-order valence-corrected chi connectivity index (χ2v) is 8.99. The van der Waals surface area contributed by atoms with Crippen LogP contribution in [0.4, 0.5) is 5.69 Å². The Hall–Kier alpha value is -2.54. The Kier molecular flexibility index (Phi) is 8.08. The van der Waals surface area contributed by atoms with Crippen LogP contribution in [0.2, 0.25) is 0 Å². The van der Waals surface area contributed by atoms with E-state index >= 15 is 0 Å². The summed E-state index contributed by atoms with van der Waals surface area (Å²) in [6, 6.07) is 14.9. The minimum Gasteiger partial charge on any atom is -0.497 e. The number of sulfonamides is 1. The van der Waals surface area contributed by atoms with Crippen molar-refractivity contribution in [2.45, 2.75) is 39.2 Å². The summed E-state index contributed by atoms with van der Waals surface area (Å²) < 4.78 is 30.9. The Balaban J connectivity index is 1.95. The van der Waals surface area contributed by atoms with Gasteiger partial charge in [-0.2, -0.15) is 0 Å². The van der Waals surface area contributed by atoms with Gasteiger partial charge >= 0.3 is 0 Å². The van der Waals surface area contributed by atoms with Gasteiger partial charge in [0, 0.05) is 13.0 Å². The molecule has 7 heteroatoms. The van der Waals surface area contributed by atoms with E-state index in [4.69, 9.17) is 4.74 Å². The van der Waals surface area contributed by atoms with E-state index in [1.165, 1.54) is 10.6 Å². The number of carbonyl (C=O) groups is 1. The molecule has 2 rings (SSSR count). The molecule has 0 saturated carbocycles. The van der Waals surface area contributed by atoms with Crippen LogP contribution in [0.25, 0.3) is 0 Å². The highest BCUT2D eigenvalue weighted by atomic mass is 32.2. The van der Waals surface area contributed by atoms with Crippen LogP contribution >= 0.6 is 0 Å². The van der Waals surface area contributed by atoms with Gasteiger partial charge in [0.25, 0.3) is 0 Å². The average Bonchev–Trinajstić information content (AvgIpc) is 2.68. The van der Waals surface area contributed by atoms with Crippen LogP contribution < -0.4 is 14.4 Å². The standard InChI is InChI=1S/C22H30N2O4S/c1-5-21(18-11-13-20(28-3)14-12-18)23-22(25)10-7-15-24(29(4,26)27)19-9-6-8-17(2)16-19/h6,8-9,11-14,16,21H,5,7,10,15H2,1-4H3,(H,23,25)/t21-/m1/s1. The molecule has 1 amide bonds. The Labute approximate surface area is 173 Å². The molecule has 0 spiro atoms. The number of rotatable bonds is 10. The summed E-state index contributed by atoms with van der Waals surface area (Å²) in [4.78, 5) is 12.4. The lowest BCUT2D eigenvalue weighted by atomic mass is 10.0. The third-order valence-electron chi connectivity index (χ3n) is 4.72. The number of nitrogens with zero attached hydrogens (tertiary/aromatic N) is 1. The summed E-state index contributed by atoms with van der Waals surface area (Å²) in [5.41, 5.74) is 2.62. The predicted octanol–water partition coefficient (Wildman–Crippen LogP) is 3.82. The SMILES string of the molecule is CC[C@@H](NC(=O)CCCN(c1cccc(C)c1)S(C)(=O)=O)c1ccc(OC)cc1. The zero-order valence-electron chi connectivity index (χ0n) is 17.5. The normalized spacial score (nSPS) is 12.3. The third kappa shape index (κ3) is 6.78. The minimum absolute atomic E-state index is 0.0869. The molecule has 158 valence electrons. The molecular formula is C22H30N2O4S. The summed E-state index contributed by atoms with van der Waals surface area (Å²) in [5.74, 6) is 0.678. The quantitative estimate of drug-likeness (QED) is 0.636. The van der Waals surface area contributed by atoms with E-state index in [1.807, 2.05) is 56.3 Å². The van der Waals surface area contributed by atoms with Gasteiger partial charge in [0.1, 0.15) is 5.75 Å². The molecule has 6 nitrogen and oxygen atoms in total. The molecule has 1 atom stereocenters. The molecule has 2 aromatic carbocycles. The molecule has 0 saturated heterocycles. The lowest BCUT2D eigenvalue weighted by molar-refractivity contribution is -0.121. The van der Waals surface area contributed by atoms with Crippen LogP contribution in [-0.4, -0.2) is 34.2 Å². The van der Waals surface area contributed by atoms with Crippen molar-refractivity contribution < 1.29 is 17.9 Å². The van der Waals surface area contributed by atoms with Gasteiger partial charge in [-0.15, -0.1) is 0 Å². The summed E-state index contributed by atoms with van der Waals surface area (Å²) >= 11 is 0. The van der Waals surface area contributed by atoms with Gasteiger partial charge in [-0.3, -0.25) is 9.10 Å². The van der Waals surface area contributed by atoms with Crippen molar-refractivity contribution in [2.75, 3.05) is 24.2 Å². The number of amides is 1. The Morgan fingerprint density at radius 1 is 1.17 bits per heavy atom. The molecular weight excluding hydrogens is 388 g/mol. The maximum atomic E-state index is 12.4. The number of hydrogen-bond acceptors (Lipinski definition) is 4. The second kappa shape index (κ2) is 10.3. The fourth-order valence-corrected chi connectivity index (χ4v) is 4.13. The number of nitrogens with one attached hydrogen (secondary N) is 1. The highest BCUT2D eigenvalue weighted by molar-refractivity contribution is 7.92. The van der Waals surface area contributed by atoms with E-state index in [2.05, 4.69) is 5.32 Å². The second-order valence-electron chi connectivity index (χ2n) is 7.08. The molecule has 0 heterocycles. The smallest absolute Gasteiger partial charge is 0.232 e. The van der Waals surface area contributed by atoms with Crippen LogP contribution in [0.1, 0.15) is 43.4 Å².